The minimum Gasteiger partial charge on any atom is -0.339 e. The zero-order valence-corrected chi connectivity index (χ0v) is 11.9. The Morgan fingerprint density at radius 2 is 1.90 bits per heavy atom. The molecular weight excluding hydrogens is 254 g/mol. The lowest BCUT2D eigenvalue weighted by Crippen LogP contribution is -2.33. The Bertz CT molecular complexity index is 546. The Labute approximate surface area is 118 Å². The first-order chi connectivity index (χ1) is 9.77. The van der Waals surface area contributed by atoms with Gasteiger partial charge in [0.25, 0.3) is 5.91 Å². The van der Waals surface area contributed by atoms with Crippen LogP contribution in [0.1, 0.15) is 37.0 Å². The van der Waals surface area contributed by atoms with E-state index in [-0.39, 0.29) is 5.91 Å². The van der Waals surface area contributed by atoms with Crippen LogP contribution in [-0.4, -0.2) is 44.1 Å². The third-order valence-electron chi connectivity index (χ3n) is 3.00. The second-order valence-corrected chi connectivity index (χ2v) is 4.56. The van der Waals surface area contributed by atoms with E-state index in [0.717, 1.165) is 25.9 Å². The average Bonchev–Trinajstić information content (AvgIpc) is 3.00. The van der Waals surface area contributed by atoms with Gasteiger partial charge in [0, 0.05) is 13.1 Å². The van der Waals surface area contributed by atoms with Gasteiger partial charge >= 0.3 is 0 Å². The molecule has 0 unspecified atom stereocenters. The summed E-state index contributed by atoms with van der Waals surface area (Å²) in [6, 6.07) is 7.40. The summed E-state index contributed by atoms with van der Waals surface area (Å²) < 4.78 is 1.52. The summed E-state index contributed by atoms with van der Waals surface area (Å²) in [5, 5.41) is 11.1. The zero-order chi connectivity index (χ0) is 14.4. The second-order valence-electron chi connectivity index (χ2n) is 4.56. The third kappa shape index (κ3) is 3.01. The molecule has 106 valence electrons. The predicted molar refractivity (Wildman–Crippen MR) is 75.6 cm³/mol. The highest BCUT2D eigenvalue weighted by Gasteiger charge is 2.18. The van der Waals surface area contributed by atoms with Crippen molar-refractivity contribution < 1.29 is 4.79 Å². The van der Waals surface area contributed by atoms with E-state index >= 15 is 0 Å². The topological polar surface area (TPSA) is 63.9 Å². The van der Waals surface area contributed by atoms with Gasteiger partial charge < -0.3 is 4.90 Å². The van der Waals surface area contributed by atoms with Gasteiger partial charge in [-0.25, -0.2) is 0 Å². The van der Waals surface area contributed by atoms with Crippen molar-refractivity contribution in [2.45, 2.75) is 26.7 Å². The van der Waals surface area contributed by atoms with Crippen molar-refractivity contribution >= 4 is 5.91 Å². The second kappa shape index (κ2) is 6.79. The standard InChI is InChI=1S/C14H19N5O/c1-3-9-18(10-4-2)14(20)12-7-5-6-8-13(12)19-11-15-16-17-19/h5-8,11H,3-4,9-10H2,1-2H3. The maximum absolute atomic E-state index is 12.7. The zero-order valence-electron chi connectivity index (χ0n) is 11.9. The van der Waals surface area contributed by atoms with Crippen LogP contribution in [0.2, 0.25) is 0 Å². The largest absolute Gasteiger partial charge is 0.339 e. The van der Waals surface area contributed by atoms with Crippen LogP contribution in [0.5, 0.6) is 0 Å². The first kappa shape index (κ1) is 14.2. The van der Waals surface area contributed by atoms with Crippen molar-refractivity contribution in [1.82, 2.24) is 25.1 Å². The molecule has 1 amide bonds. The smallest absolute Gasteiger partial charge is 0.256 e. The number of tetrazole rings is 1. The average molecular weight is 273 g/mol. The van der Waals surface area contributed by atoms with E-state index < -0.39 is 0 Å². The number of nitrogens with zero attached hydrogens (tertiary/aromatic N) is 5. The van der Waals surface area contributed by atoms with Crippen molar-refractivity contribution in [3.05, 3.63) is 36.2 Å². The lowest BCUT2D eigenvalue weighted by molar-refractivity contribution is 0.0755. The van der Waals surface area contributed by atoms with Gasteiger partial charge in [0.1, 0.15) is 6.33 Å². The lowest BCUT2D eigenvalue weighted by atomic mass is 10.1. The summed E-state index contributed by atoms with van der Waals surface area (Å²) in [5.74, 6) is 0.0276. The summed E-state index contributed by atoms with van der Waals surface area (Å²) in [7, 11) is 0. The highest BCUT2D eigenvalue weighted by atomic mass is 16.2. The van der Waals surface area contributed by atoms with Crippen LogP contribution in [0.4, 0.5) is 0 Å². The summed E-state index contributed by atoms with van der Waals surface area (Å²) in [5.41, 5.74) is 1.33. The fourth-order valence-electron chi connectivity index (χ4n) is 2.15. The van der Waals surface area contributed by atoms with E-state index in [1.54, 1.807) is 0 Å². The third-order valence-corrected chi connectivity index (χ3v) is 3.00. The van der Waals surface area contributed by atoms with Gasteiger partial charge in [-0.2, -0.15) is 4.68 Å². The quantitative estimate of drug-likeness (QED) is 0.806. The molecule has 1 aromatic carbocycles. The maximum atomic E-state index is 12.7. The number of hydrogen-bond acceptors (Lipinski definition) is 4. The van der Waals surface area contributed by atoms with Crippen LogP contribution < -0.4 is 0 Å². The van der Waals surface area contributed by atoms with Gasteiger partial charge in [-0.1, -0.05) is 26.0 Å². The number of rotatable bonds is 6. The normalized spacial score (nSPS) is 10.5. The number of carbonyl (C=O) groups is 1. The first-order valence-corrected chi connectivity index (χ1v) is 6.89. The number of carbonyl (C=O) groups excluding carboxylic acids is 1. The van der Waals surface area contributed by atoms with Crippen molar-refractivity contribution in [3.8, 4) is 5.69 Å². The van der Waals surface area contributed by atoms with E-state index in [0.29, 0.717) is 11.3 Å². The first-order valence-electron chi connectivity index (χ1n) is 6.89. The molecular formula is C14H19N5O. The molecule has 0 bridgehead atoms. The van der Waals surface area contributed by atoms with Gasteiger partial charge in [0.15, 0.2) is 0 Å². The molecule has 20 heavy (non-hydrogen) atoms. The molecule has 2 aromatic rings. The van der Waals surface area contributed by atoms with Gasteiger partial charge in [0.2, 0.25) is 0 Å². The van der Waals surface area contributed by atoms with Gasteiger partial charge in [0.05, 0.1) is 11.3 Å². The molecule has 0 saturated carbocycles. The number of para-hydroxylation sites is 1. The van der Waals surface area contributed by atoms with E-state index in [9.17, 15) is 4.79 Å². The van der Waals surface area contributed by atoms with E-state index in [1.807, 2.05) is 29.2 Å². The molecule has 0 saturated heterocycles. The molecule has 0 aliphatic carbocycles. The van der Waals surface area contributed by atoms with Gasteiger partial charge in [-0.05, 0) is 35.4 Å². The van der Waals surface area contributed by atoms with Crippen LogP contribution in [0.15, 0.2) is 30.6 Å². The van der Waals surface area contributed by atoms with Crippen LogP contribution in [0.3, 0.4) is 0 Å². The molecule has 6 nitrogen and oxygen atoms in total. The van der Waals surface area contributed by atoms with Crippen molar-refractivity contribution in [3.63, 3.8) is 0 Å². The minimum atomic E-state index is 0.0276. The van der Waals surface area contributed by atoms with Crippen LogP contribution in [-0.2, 0) is 0 Å². The molecule has 0 radical (unpaired) electrons. The van der Waals surface area contributed by atoms with Crippen LogP contribution in [0, 0.1) is 0 Å². The lowest BCUT2D eigenvalue weighted by Gasteiger charge is -2.22. The Balaban J connectivity index is 2.34. The molecule has 1 aromatic heterocycles. The Kier molecular flexibility index (Phi) is 4.81. The molecule has 1 heterocycles. The van der Waals surface area contributed by atoms with Crippen LogP contribution >= 0.6 is 0 Å². The minimum absolute atomic E-state index is 0.0276. The fraction of sp³-hybridized carbons (Fsp3) is 0.429. The molecule has 6 heteroatoms. The van der Waals surface area contributed by atoms with E-state index in [4.69, 9.17) is 0 Å². The highest BCUT2D eigenvalue weighted by molar-refractivity contribution is 5.97. The number of hydrogen-bond donors (Lipinski definition) is 0. The molecule has 0 fully saturated rings. The molecule has 0 spiro atoms. The summed E-state index contributed by atoms with van der Waals surface area (Å²) >= 11 is 0. The number of aromatic nitrogens is 4. The molecule has 0 aliphatic heterocycles. The molecule has 2 rings (SSSR count). The van der Waals surface area contributed by atoms with Gasteiger partial charge in [-0.15, -0.1) is 5.10 Å². The van der Waals surface area contributed by atoms with Crippen LogP contribution in [0.25, 0.3) is 5.69 Å². The van der Waals surface area contributed by atoms with Crippen molar-refractivity contribution in [2.75, 3.05) is 13.1 Å². The monoisotopic (exact) mass is 273 g/mol. The fourth-order valence-corrected chi connectivity index (χ4v) is 2.15. The maximum Gasteiger partial charge on any atom is 0.256 e. The SMILES string of the molecule is CCCN(CCC)C(=O)c1ccccc1-n1cnnn1. The van der Waals surface area contributed by atoms with E-state index in [1.165, 1.54) is 11.0 Å². The summed E-state index contributed by atoms with van der Waals surface area (Å²) in [6.07, 6.45) is 3.38. The molecule has 0 N–H and O–H groups in total. The predicted octanol–water partition coefficient (Wildman–Crippen LogP) is 1.92. The molecule has 0 aliphatic rings. The Morgan fingerprint density at radius 3 is 2.50 bits per heavy atom. The Morgan fingerprint density at radius 1 is 1.20 bits per heavy atom. The Hall–Kier alpha value is -2.24. The summed E-state index contributed by atoms with van der Waals surface area (Å²) in [6.45, 7) is 5.67. The van der Waals surface area contributed by atoms with Crippen molar-refractivity contribution in [1.29, 1.82) is 0 Å². The molecule has 0 atom stereocenters. The number of amides is 1. The number of benzene rings is 1. The summed E-state index contributed by atoms with van der Waals surface area (Å²) in [4.78, 5) is 14.6. The highest BCUT2D eigenvalue weighted by Crippen LogP contribution is 2.15. The van der Waals surface area contributed by atoms with Gasteiger partial charge in [-0.3, -0.25) is 4.79 Å². The van der Waals surface area contributed by atoms with Crippen molar-refractivity contribution in [2.24, 2.45) is 0 Å². The van der Waals surface area contributed by atoms with E-state index in [2.05, 4.69) is 29.4 Å².